The first-order valence-corrected chi connectivity index (χ1v) is 3.64. The summed E-state index contributed by atoms with van der Waals surface area (Å²) < 4.78 is 0. The summed E-state index contributed by atoms with van der Waals surface area (Å²) in [5, 5.41) is 7.71. The number of thiol groups is 1. The second-order valence-electron chi connectivity index (χ2n) is 1.09. The van der Waals surface area contributed by atoms with Gasteiger partial charge in [0.15, 0.2) is 0 Å². The van der Waals surface area contributed by atoms with Gasteiger partial charge in [0, 0.05) is 0 Å². The van der Waals surface area contributed by atoms with Crippen LogP contribution in [0.2, 0.25) is 0 Å². The Labute approximate surface area is 51.1 Å². The van der Waals surface area contributed by atoms with Gasteiger partial charge in [-0.05, 0) is 6.92 Å². The average molecular weight is 138 g/mol. The highest BCUT2D eigenvalue weighted by Crippen LogP contribution is 2.13. The third kappa shape index (κ3) is 2.82. The predicted molar refractivity (Wildman–Crippen MR) is 33.7 cm³/mol. The number of hydrogen-bond acceptors (Lipinski definition) is 3. The molecule has 4 heteroatoms. The van der Waals surface area contributed by atoms with Gasteiger partial charge < -0.3 is 5.11 Å². The molecule has 7 heavy (non-hydrogen) atoms. The van der Waals surface area contributed by atoms with Crippen molar-refractivity contribution in [2.45, 2.75) is 12.2 Å². The summed E-state index contributed by atoms with van der Waals surface area (Å²) in [6, 6.07) is 0. The third-order valence-electron chi connectivity index (χ3n) is 0.506. The van der Waals surface area contributed by atoms with Crippen LogP contribution >= 0.6 is 22.5 Å². The van der Waals surface area contributed by atoms with Crippen molar-refractivity contribution in [1.82, 2.24) is 0 Å². The van der Waals surface area contributed by atoms with Crippen molar-refractivity contribution in [3.63, 3.8) is 0 Å². The fraction of sp³-hybridized carbons (Fsp3) is 0.667. The van der Waals surface area contributed by atoms with Crippen LogP contribution in [-0.2, 0) is 4.79 Å². The van der Waals surface area contributed by atoms with Crippen LogP contribution in [0.4, 0.5) is 0 Å². The molecule has 0 radical (unpaired) electrons. The van der Waals surface area contributed by atoms with Crippen molar-refractivity contribution < 1.29 is 9.90 Å². The molecule has 1 unspecified atom stereocenters. The van der Waals surface area contributed by atoms with Crippen LogP contribution in [0.15, 0.2) is 0 Å². The first-order valence-electron chi connectivity index (χ1n) is 1.71. The number of carbonyl (C=O) groups is 1. The molecule has 0 bridgehead atoms. The van der Waals surface area contributed by atoms with Gasteiger partial charge in [-0.1, -0.05) is 10.8 Å². The highest BCUT2D eigenvalue weighted by molar-refractivity contribution is 8.69. The topological polar surface area (TPSA) is 37.3 Å². The third-order valence-corrected chi connectivity index (χ3v) is 1.97. The first-order chi connectivity index (χ1) is 3.18. The second-order valence-corrected chi connectivity index (χ2v) is 2.64. The van der Waals surface area contributed by atoms with E-state index in [0.717, 1.165) is 10.8 Å². The fourth-order valence-corrected chi connectivity index (χ4v) is 0.406. The highest BCUT2D eigenvalue weighted by atomic mass is 33.1. The summed E-state index contributed by atoms with van der Waals surface area (Å²) >= 11 is 3.69. The van der Waals surface area contributed by atoms with Gasteiger partial charge in [0.05, 0.1) is 0 Å². The van der Waals surface area contributed by atoms with E-state index >= 15 is 0 Å². The maximum absolute atomic E-state index is 9.86. The second kappa shape index (κ2) is 3.21. The van der Waals surface area contributed by atoms with Gasteiger partial charge in [-0.15, -0.1) is 11.7 Å². The Morgan fingerprint density at radius 2 is 2.43 bits per heavy atom. The molecule has 1 N–H and O–H groups in total. The first kappa shape index (κ1) is 7.17. The molecule has 0 rings (SSSR count). The molecule has 0 spiro atoms. The summed E-state index contributed by atoms with van der Waals surface area (Å²) in [4.78, 5) is 9.86. The maximum Gasteiger partial charge on any atom is 0.317 e. The molecule has 0 aromatic rings. The Kier molecular flexibility index (Phi) is 3.29. The molecule has 2 nitrogen and oxygen atoms in total. The van der Waals surface area contributed by atoms with Gasteiger partial charge in [0.25, 0.3) is 0 Å². The molecule has 0 amide bonds. The molecule has 0 aliphatic carbocycles. The zero-order valence-electron chi connectivity index (χ0n) is 3.79. The molecular weight excluding hydrogens is 132 g/mol. The number of aliphatic carboxylic acids is 1. The molecule has 0 heterocycles. The molecule has 0 saturated carbocycles. The highest BCUT2D eigenvalue weighted by Gasteiger charge is 2.06. The minimum atomic E-state index is -0.819. The molecule has 0 aromatic carbocycles. The summed E-state index contributed by atoms with van der Waals surface area (Å²) in [7, 11) is 1.03. The zero-order chi connectivity index (χ0) is 5.86. The van der Waals surface area contributed by atoms with Gasteiger partial charge in [-0.2, -0.15) is 0 Å². The minimum Gasteiger partial charge on any atom is -0.480 e. The van der Waals surface area contributed by atoms with Crippen molar-refractivity contribution in [1.29, 1.82) is 0 Å². The normalized spacial score (nSPS) is 13.4. The standard InChI is InChI=1S/C3H6O2S2/c1-2(7-6)3(4)5/h2,6H,1H3,(H,4,5). The van der Waals surface area contributed by atoms with Gasteiger partial charge in [0.2, 0.25) is 0 Å². The van der Waals surface area contributed by atoms with E-state index in [2.05, 4.69) is 11.7 Å². The Morgan fingerprint density at radius 3 is 2.43 bits per heavy atom. The van der Waals surface area contributed by atoms with Crippen molar-refractivity contribution in [3.05, 3.63) is 0 Å². The Hall–Kier alpha value is 0.170. The van der Waals surface area contributed by atoms with Crippen LogP contribution in [0.1, 0.15) is 6.92 Å². The van der Waals surface area contributed by atoms with Crippen molar-refractivity contribution in [2.24, 2.45) is 0 Å². The predicted octanol–water partition coefficient (Wildman–Crippen LogP) is 1.04. The quantitative estimate of drug-likeness (QED) is 0.442. The molecular formula is C3H6O2S2. The molecule has 0 saturated heterocycles. The minimum absolute atomic E-state index is 0.400. The number of carboxylic acid groups (broad SMARTS) is 1. The summed E-state index contributed by atoms with van der Waals surface area (Å²) in [5.41, 5.74) is 0. The van der Waals surface area contributed by atoms with E-state index in [1.165, 1.54) is 0 Å². The summed E-state index contributed by atoms with van der Waals surface area (Å²) in [6.45, 7) is 1.58. The molecule has 0 aromatic heterocycles. The lowest BCUT2D eigenvalue weighted by molar-refractivity contribution is -0.136. The maximum atomic E-state index is 9.86. The SMILES string of the molecule is CC(SS)C(=O)O. The largest absolute Gasteiger partial charge is 0.480 e. The van der Waals surface area contributed by atoms with Gasteiger partial charge in [0.1, 0.15) is 5.25 Å². The molecule has 0 aliphatic heterocycles. The lowest BCUT2D eigenvalue weighted by atomic mass is 10.5. The van der Waals surface area contributed by atoms with E-state index in [1.54, 1.807) is 6.92 Å². The van der Waals surface area contributed by atoms with Crippen LogP contribution < -0.4 is 0 Å². The Bertz CT molecular complexity index is 73.3. The molecule has 1 atom stereocenters. The van der Waals surface area contributed by atoms with E-state index in [4.69, 9.17) is 5.11 Å². The van der Waals surface area contributed by atoms with E-state index in [9.17, 15) is 4.79 Å². The molecule has 0 fully saturated rings. The Balaban J connectivity index is 3.34. The van der Waals surface area contributed by atoms with Crippen molar-refractivity contribution in [2.75, 3.05) is 0 Å². The van der Waals surface area contributed by atoms with Crippen LogP contribution in [0.3, 0.4) is 0 Å². The lowest BCUT2D eigenvalue weighted by Gasteiger charge is -1.95. The van der Waals surface area contributed by atoms with Crippen LogP contribution in [0.25, 0.3) is 0 Å². The van der Waals surface area contributed by atoms with Gasteiger partial charge >= 0.3 is 5.97 Å². The summed E-state index contributed by atoms with van der Waals surface area (Å²) in [5.74, 6) is -0.819. The smallest absolute Gasteiger partial charge is 0.317 e. The van der Waals surface area contributed by atoms with Crippen molar-refractivity contribution in [3.8, 4) is 0 Å². The van der Waals surface area contributed by atoms with E-state index in [-0.39, 0.29) is 0 Å². The zero-order valence-corrected chi connectivity index (χ0v) is 5.50. The van der Waals surface area contributed by atoms with E-state index < -0.39 is 11.2 Å². The average Bonchev–Trinajstić information content (AvgIpc) is 1.65. The number of carboxylic acids is 1. The van der Waals surface area contributed by atoms with Crippen LogP contribution in [0, 0.1) is 0 Å². The van der Waals surface area contributed by atoms with Gasteiger partial charge in [-0.3, -0.25) is 4.79 Å². The number of hydrogen-bond donors (Lipinski definition) is 2. The number of rotatable bonds is 2. The lowest BCUT2D eigenvalue weighted by Crippen LogP contribution is -2.08. The summed E-state index contributed by atoms with van der Waals surface area (Å²) in [6.07, 6.45) is 0. The van der Waals surface area contributed by atoms with E-state index in [1.807, 2.05) is 0 Å². The molecule has 0 aliphatic rings. The van der Waals surface area contributed by atoms with Gasteiger partial charge in [-0.25, -0.2) is 0 Å². The van der Waals surface area contributed by atoms with E-state index in [0.29, 0.717) is 0 Å². The van der Waals surface area contributed by atoms with Crippen molar-refractivity contribution >= 4 is 28.4 Å². The molecule has 42 valence electrons. The monoisotopic (exact) mass is 138 g/mol. The van der Waals surface area contributed by atoms with Crippen LogP contribution in [0.5, 0.6) is 0 Å². The Morgan fingerprint density at radius 1 is 2.00 bits per heavy atom. The fourth-order valence-electron chi connectivity index (χ4n) is 0.0451. The van der Waals surface area contributed by atoms with Crippen LogP contribution in [-0.4, -0.2) is 16.3 Å².